The Morgan fingerprint density at radius 2 is 1.68 bits per heavy atom. The number of carbonyl (C=O) groups is 2. The number of benzene rings is 3. The lowest BCUT2D eigenvalue weighted by molar-refractivity contribution is -0.121. The zero-order valence-electron chi connectivity index (χ0n) is 19.8. The molecule has 194 valence electrons. The Balaban J connectivity index is 1.87. The Hall–Kier alpha value is -3.34. The maximum Gasteiger partial charge on any atom is 0.268 e. The van der Waals surface area contributed by atoms with Gasteiger partial charge in [-0.15, -0.1) is 0 Å². The maximum absolute atomic E-state index is 14.1. The van der Waals surface area contributed by atoms with E-state index in [0.717, 1.165) is 48.5 Å². The first kappa shape index (κ1) is 26.7. The fourth-order valence-electron chi connectivity index (χ4n) is 4.38. The molecule has 1 aliphatic heterocycles. The lowest BCUT2D eigenvalue weighted by Crippen LogP contribution is -2.45. The van der Waals surface area contributed by atoms with Gasteiger partial charge >= 0.3 is 0 Å². The molecule has 1 atom stereocenters. The topological polar surface area (TPSA) is 101 Å². The monoisotopic (exact) mass is 547 g/mol. The lowest BCUT2D eigenvalue weighted by atomic mass is 9.96. The first-order valence-electron chi connectivity index (χ1n) is 11.4. The highest BCUT2D eigenvalue weighted by Crippen LogP contribution is 2.32. The molecule has 7 nitrogen and oxygen atoms in total. The number of hydrogen-bond acceptors (Lipinski definition) is 5. The van der Waals surface area contributed by atoms with E-state index in [4.69, 9.17) is 17.3 Å². The molecule has 0 aliphatic carbocycles. The van der Waals surface area contributed by atoms with Gasteiger partial charge in [0.25, 0.3) is 15.9 Å². The summed E-state index contributed by atoms with van der Waals surface area (Å²) in [6.45, 7) is 4.35. The number of carbonyl (C=O) groups excluding carboxylic acids is 2. The maximum atomic E-state index is 14.1. The van der Waals surface area contributed by atoms with E-state index in [0.29, 0.717) is 19.0 Å². The second-order valence-corrected chi connectivity index (χ2v) is 10.9. The largest absolute Gasteiger partial charge is 0.368 e. The van der Waals surface area contributed by atoms with Gasteiger partial charge in [0.05, 0.1) is 4.90 Å². The lowest BCUT2D eigenvalue weighted by Gasteiger charge is -2.31. The van der Waals surface area contributed by atoms with Crippen LogP contribution in [0.5, 0.6) is 0 Å². The zero-order valence-corrected chi connectivity index (χ0v) is 21.4. The van der Waals surface area contributed by atoms with Gasteiger partial charge in [-0.2, -0.15) is 0 Å². The summed E-state index contributed by atoms with van der Waals surface area (Å²) >= 11 is 5.90. The molecular formula is C26H24ClF2N3O4S. The highest BCUT2D eigenvalue weighted by Gasteiger charge is 2.41. The number of sulfonamides is 1. The SMILES string of the molecule is CCN1CCc2cc(C(=O)N(C(C(N)=O)c3cc(F)cc(F)c3)S(=O)(=O)c3ccc(Cl)cc3)ccc2C1. The summed E-state index contributed by atoms with van der Waals surface area (Å²) in [5.74, 6) is -4.48. The van der Waals surface area contributed by atoms with Crippen molar-refractivity contribution in [1.29, 1.82) is 0 Å². The molecule has 0 radical (unpaired) electrons. The van der Waals surface area contributed by atoms with Gasteiger partial charge in [0, 0.05) is 29.7 Å². The molecule has 3 aromatic carbocycles. The van der Waals surface area contributed by atoms with Gasteiger partial charge in [-0.05, 0) is 78.2 Å². The molecule has 1 unspecified atom stereocenters. The molecule has 0 saturated heterocycles. The molecule has 0 saturated carbocycles. The average Bonchev–Trinajstić information content (AvgIpc) is 2.85. The second-order valence-electron chi connectivity index (χ2n) is 8.67. The molecule has 3 aromatic rings. The van der Waals surface area contributed by atoms with Crippen LogP contribution in [-0.4, -0.2) is 42.5 Å². The smallest absolute Gasteiger partial charge is 0.268 e. The highest BCUT2D eigenvalue weighted by molar-refractivity contribution is 7.89. The van der Waals surface area contributed by atoms with E-state index < -0.39 is 45.1 Å². The number of amides is 2. The minimum Gasteiger partial charge on any atom is -0.368 e. The number of fused-ring (bicyclic) bond motifs is 1. The van der Waals surface area contributed by atoms with E-state index in [2.05, 4.69) is 4.90 Å². The summed E-state index contributed by atoms with van der Waals surface area (Å²) in [4.78, 5) is 28.3. The van der Waals surface area contributed by atoms with E-state index in [9.17, 15) is 26.8 Å². The molecule has 2 N–H and O–H groups in total. The molecule has 4 rings (SSSR count). The van der Waals surface area contributed by atoms with Crippen LogP contribution in [0.1, 0.15) is 40.0 Å². The van der Waals surface area contributed by atoms with Gasteiger partial charge in [-0.1, -0.05) is 24.6 Å². The average molecular weight is 548 g/mol. The van der Waals surface area contributed by atoms with E-state index >= 15 is 0 Å². The third-order valence-electron chi connectivity index (χ3n) is 6.27. The van der Waals surface area contributed by atoms with Crippen molar-refractivity contribution in [2.24, 2.45) is 5.73 Å². The summed E-state index contributed by atoms with van der Waals surface area (Å²) in [5.41, 5.74) is 6.99. The molecule has 0 bridgehead atoms. The molecule has 11 heteroatoms. The van der Waals surface area contributed by atoms with Gasteiger partial charge in [-0.25, -0.2) is 21.5 Å². The summed E-state index contributed by atoms with van der Waals surface area (Å²) in [5, 5.41) is 0.242. The normalized spacial score (nSPS) is 14.6. The first-order valence-corrected chi connectivity index (χ1v) is 13.3. The van der Waals surface area contributed by atoms with Crippen LogP contribution in [0.25, 0.3) is 0 Å². The van der Waals surface area contributed by atoms with Crippen LogP contribution < -0.4 is 5.73 Å². The third-order valence-corrected chi connectivity index (χ3v) is 8.28. The number of halogens is 3. The predicted molar refractivity (Wildman–Crippen MR) is 134 cm³/mol. The van der Waals surface area contributed by atoms with Crippen LogP contribution in [0, 0.1) is 11.6 Å². The Morgan fingerprint density at radius 1 is 1.03 bits per heavy atom. The van der Waals surface area contributed by atoms with Crippen molar-refractivity contribution in [3.63, 3.8) is 0 Å². The number of likely N-dealkylation sites (N-methyl/N-ethyl adjacent to an activating group) is 1. The Kier molecular flexibility index (Phi) is 7.63. The number of nitrogens with two attached hydrogens (primary N) is 1. The second kappa shape index (κ2) is 10.6. The third kappa shape index (κ3) is 5.51. The Morgan fingerprint density at radius 3 is 2.27 bits per heavy atom. The van der Waals surface area contributed by atoms with Gasteiger partial charge in [0.1, 0.15) is 11.6 Å². The van der Waals surface area contributed by atoms with E-state index in [1.54, 1.807) is 12.1 Å². The van der Waals surface area contributed by atoms with E-state index in [-0.39, 0.29) is 19.8 Å². The molecule has 0 fully saturated rings. The number of hydrogen-bond donors (Lipinski definition) is 1. The summed E-state index contributed by atoms with van der Waals surface area (Å²) < 4.78 is 56.0. The number of primary amides is 1. The van der Waals surface area contributed by atoms with Crippen molar-refractivity contribution in [2.45, 2.75) is 30.8 Å². The van der Waals surface area contributed by atoms with Crippen molar-refractivity contribution in [2.75, 3.05) is 13.1 Å². The summed E-state index contributed by atoms with van der Waals surface area (Å²) in [7, 11) is -4.75. The van der Waals surface area contributed by atoms with Crippen LogP contribution >= 0.6 is 11.6 Å². The minimum absolute atomic E-state index is 0.00985. The number of rotatable bonds is 7. The van der Waals surface area contributed by atoms with Crippen molar-refractivity contribution in [3.05, 3.63) is 99.6 Å². The van der Waals surface area contributed by atoms with Crippen LogP contribution in [0.2, 0.25) is 5.02 Å². The van der Waals surface area contributed by atoms with Crippen LogP contribution in [0.3, 0.4) is 0 Å². The van der Waals surface area contributed by atoms with Gasteiger partial charge in [0.15, 0.2) is 6.04 Å². The van der Waals surface area contributed by atoms with Crippen molar-refractivity contribution >= 4 is 33.4 Å². The van der Waals surface area contributed by atoms with E-state index in [1.165, 1.54) is 18.2 Å². The highest BCUT2D eigenvalue weighted by atomic mass is 35.5. The Bertz CT molecular complexity index is 1440. The fourth-order valence-corrected chi connectivity index (χ4v) is 6.04. The van der Waals surface area contributed by atoms with Crippen LogP contribution in [0.4, 0.5) is 8.78 Å². The quantitative estimate of drug-likeness (QED) is 0.481. The standard InChI is InChI=1S/C26H24ClF2N3O4S/c1-2-31-10-9-16-11-17(3-4-18(16)15-31)26(34)32(37(35,36)23-7-5-20(27)6-8-23)24(25(30)33)19-12-21(28)14-22(29)13-19/h3-8,11-14,24H,2,9-10,15H2,1H3,(H2,30,33). The van der Waals surface area contributed by atoms with Gasteiger partial charge in [-0.3, -0.25) is 14.5 Å². The molecule has 0 aromatic heterocycles. The van der Waals surface area contributed by atoms with Crippen LogP contribution in [-0.2, 0) is 27.8 Å². The molecule has 1 heterocycles. The first-order chi connectivity index (χ1) is 17.5. The Labute approximate surface area is 218 Å². The number of nitrogens with zero attached hydrogens (tertiary/aromatic N) is 2. The minimum atomic E-state index is -4.75. The molecule has 37 heavy (non-hydrogen) atoms. The molecule has 2 amide bonds. The fraction of sp³-hybridized carbons (Fsp3) is 0.231. The molecular weight excluding hydrogens is 524 g/mol. The van der Waals surface area contributed by atoms with Gasteiger partial charge < -0.3 is 5.73 Å². The van der Waals surface area contributed by atoms with Gasteiger partial charge in [0.2, 0.25) is 5.91 Å². The molecule has 0 spiro atoms. The summed E-state index contributed by atoms with van der Waals surface area (Å²) in [6, 6.07) is 9.78. The van der Waals surface area contributed by atoms with Crippen molar-refractivity contribution < 1.29 is 26.8 Å². The zero-order chi connectivity index (χ0) is 26.9. The predicted octanol–water partition coefficient (Wildman–Crippen LogP) is 4.05. The van der Waals surface area contributed by atoms with E-state index in [1.807, 2.05) is 6.92 Å². The van der Waals surface area contributed by atoms with Crippen molar-refractivity contribution in [3.8, 4) is 0 Å². The van der Waals surface area contributed by atoms with Crippen molar-refractivity contribution in [1.82, 2.24) is 9.21 Å². The summed E-state index contributed by atoms with van der Waals surface area (Å²) in [6.07, 6.45) is 0.641. The molecule has 1 aliphatic rings. The van der Waals surface area contributed by atoms with Crippen LogP contribution in [0.15, 0.2) is 65.6 Å².